The van der Waals surface area contributed by atoms with Crippen LogP contribution in [0.15, 0.2) is 23.5 Å². The van der Waals surface area contributed by atoms with Crippen molar-refractivity contribution in [2.24, 2.45) is 0 Å². The molecule has 0 bridgehead atoms. The molecule has 1 unspecified atom stereocenters. The summed E-state index contributed by atoms with van der Waals surface area (Å²) in [6.45, 7) is 3.86. The number of rotatable bonds is 4. The van der Waals surface area contributed by atoms with Gasteiger partial charge in [0.2, 0.25) is 5.91 Å². The maximum atomic E-state index is 12.7. The molecular formula is C16H22N4OS. The van der Waals surface area contributed by atoms with Crippen molar-refractivity contribution in [3.05, 3.63) is 18.3 Å². The zero-order valence-corrected chi connectivity index (χ0v) is 13.7. The molecule has 1 fully saturated rings. The minimum absolute atomic E-state index is 0.0707. The fourth-order valence-electron chi connectivity index (χ4n) is 2.82. The van der Waals surface area contributed by atoms with Crippen molar-refractivity contribution in [3.8, 4) is 0 Å². The Morgan fingerprint density at radius 1 is 1.36 bits per heavy atom. The highest BCUT2D eigenvalue weighted by Crippen LogP contribution is 2.26. The summed E-state index contributed by atoms with van der Waals surface area (Å²) < 4.78 is 0. The van der Waals surface area contributed by atoms with Crippen molar-refractivity contribution in [2.45, 2.75) is 49.4 Å². The molecule has 2 aromatic rings. The highest BCUT2D eigenvalue weighted by atomic mass is 32.2. The number of carbonyl (C=O) groups is 1. The topological polar surface area (TPSA) is 61.9 Å². The summed E-state index contributed by atoms with van der Waals surface area (Å²) in [6.07, 6.45) is 7.27. The summed E-state index contributed by atoms with van der Waals surface area (Å²) in [5, 5.41) is 0.711. The molecule has 0 radical (unpaired) electrons. The lowest BCUT2D eigenvalue weighted by Gasteiger charge is -2.24. The highest BCUT2D eigenvalue weighted by Gasteiger charge is 2.25. The maximum absolute atomic E-state index is 12.7. The summed E-state index contributed by atoms with van der Waals surface area (Å²) in [7, 11) is 0. The van der Waals surface area contributed by atoms with Gasteiger partial charge >= 0.3 is 0 Å². The van der Waals surface area contributed by atoms with Crippen LogP contribution in [0.3, 0.4) is 0 Å². The standard InChI is InChI=1S/C16H22N4OS/c1-2-13(15(21)20-10-5-3-4-6-11-20)22-16-18-12-8-7-9-17-14(12)19-16/h7-9,13H,2-6,10-11H2,1H3,(H,17,18,19). The van der Waals surface area contributed by atoms with E-state index in [1.54, 1.807) is 6.20 Å². The van der Waals surface area contributed by atoms with Crippen molar-refractivity contribution in [2.75, 3.05) is 13.1 Å². The van der Waals surface area contributed by atoms with Gasteiger partial charge in [-0.1, -0.05) is 31.5 Å². The molecule has 0 spiro atoms. The van der Waals surface area contributed by atoms with Crippen LogP contribution in [0.1, 0.15) is 39.0 Å². The molecule has 3 rings (SSSR count). The van der Waals surface area contributed by atoms with Gasteiger partial charge in [0.1, 0.15) is 0 Å². The second-order valence-corrected chi connectivity index (χ2v) is 6.86. The SMILES string of the molecule is CCC(Sc1nc2ncccc2[nH]1)C(=O)N1CCCCCC1. The summed E-state index contributed by atoms with van der Waals surface area (Å²) in [5.74, 6) is 0.253. The Morgan fingerprint density at radius 2 is 2.14 bits per heavy atom. The molecule has 5 nitrogen and oxygen atoms in total. The molecule has 1 atom stereocenters. The number of imidazole rings is 1. The number of fused-ring (bicyclic) bond motifs is 1. The van der Waals surface area contributed by atoms with Gasteiger partial charge in [0.05, 0.1) is 10.8 Å². The van der Waals surface area contributed by atoms with Crippen molar-refractivity contribution in [1.29, 1.82) is 0 Å². The first-order valence-electron chi connectivity index (χ1n) is 8.04. The van der Waals surface area contributed by atoms with Crippen molar-refractivity contribution >= 4 is 28.8 Å². The number of pyridine rings is 1. The lowest BCUT2D eigenvalue weighted by atomic mass is 10.2. The second kappa shape index (κ2) is 7.13. The highest BCUT2D eigenvalue weighted by molar-refractivity contribution is 8.00. The van der Waals surface area contributed by atoms with E-state index in [9.17, 15) is 4.79 Å². The van der Waals surface area contributed by atoms with E-state index in [2.05, 4.69) is 21.9 Å². The van der Waals surface area contributed by atoms with Crippen molar-refractivity contribution in [3.63, 3.8) is 0 Å². The van der Waals surface area contributed by atoms with E-state index in [0.717, 1.165) is 43.0 Å². The number of nitrogens with zero attached hydrogens (tertiary/aromatic N) is 3. The molecule has 3 heterocycles. The van der Waals surface area contributed by atoms with Gasteiger partial charge in [-0.3, -0.25) is 4.79 Å². The van der Waals surface area contributed by atoms with E-state index >= 15 is 0 Å². The Morgan fingerprint density at radius 3 is 2.82 bits per heavy atom. The van der Waals surface area contributed by atoms with Crippen LogP contribution in [0.5, 0.6) is 0 Å². The quantitative estimate of drug-likeness (QED) is 0.879. The monoisotopic (exact) mass is 318 g/mol. The normalized spacial score (nSPS) is 17.4. The maximum Gasteiger partial charge on any atom is 0.236 e. The zero-order chi connectivity index (χ0) is 15.4. The fourth-order valence-corrected chi connectivity index (χ4v) is 3.81. The lowest BCUT2D eigenvalue weighted by Crippen LogP contribution is -2.38. The van der Waals surface area contributed by atoms with E-state index in [-0.39, 0.29) is 11.2 Å². The van der Waals surface area contributed by atoms with E-state index in [0.29, 0.717) is 5.65 Å². The number of amides is 1. The van der Waals surface area contributed by atoms with Crippen LogP contribution in [0.4, 0.5) is 0 Å². The Balaban J connectivity index is 1.71. The van der Waals surface area contributed by atoms with E-state index in [1.165, 1.54) is 24.6 Å². The molecule has 2 aromatic heterocycles. The first kappa shape index (κ1) is 15.3. The van der Waals surface area contributed by atoms with Crippen LogP contribution in [0.2, 0.25) is 0 Å². The third-order valence-corrected chi connectivity index (χ3v) is 5.29. The van der Waals surface area contributed by atoms with Crippen LogP contribution in [0.25, 0.3) is 11.2 Å². The molecule has 0 aliphatic carbocycles. The molecule has 1 saturated heterocycles. The second-order valence-electron chi connectivity index (χ2n) is 5.67. The number of aromatic nitrogens is 3. The molecule has 1 aliphatic heterocycles. The van der Waals surface area contributed by atoms with Gasteiger partial charge in [-0.2, -0.15) is 0 Å². The molecule has 1 aliphatic rings. The molecule has 6 heteroatoms. The molecule has 118 valence electrons. The van der Waals surface area contributed by atoms with Gasteiger partial charge < -0.3 is 9.88 Å². The Bertz CT molecular complexity index is 601. The number of nitrogens with one attached hydrogen (secondary N) is 1. The number of hydrogen-bond acceptors (Lipinski definition) is 4. The summed E-state index contributed by atoms with van der Waals surface area (Å²) >= 11 is 1.53. The van der Waals surface area contributed by atoms with Crippen LogP contribution in [-0.2, 0) is 4.79 Å². The fraction of sp³-hybridized carbons (Fsp3) is 0.562. The molecule has 0 saturated carbocycles. The first-order chi connectivity index (χ1) is 10.8. The van der Waals surface area contributed by atoms with Gasteiger partial charge in [0, 0.05) is 19.3 Å². The molecule has 22 heavy (non-hydrogen) atoms. The third kappa shape index (κ3) is 3.43. The summed E-state index contributed by atoms with van der Waals surface area (Å²) in [5.41, 5.74) is 1.63. The van der Waals surface area contributed by atoms with Gasteiger partial charge in [-0.05, 0) is 31.4 Å². The van der Waals surface area contributed by atoms with E-state index in [4.69, 9.17) is 0 Å². The van der Waals surface area contributed by atoms with E-state index in [1.807, 2.05) is 17.0 Å². The largest absolute Gasteiger partial charge is 0.342 e. The molecule has 0 aromatic carbocycles. The Hall–Kier alpha value is -1.56. The molecule has 1 amide bonds. The van der Waals surface area contributed by atoms with Gasteiger partial charge in [0.15, 0.2) is 10.8 Å². The van der Waals surface area contributed by atoms with Crippen LogP contribution in [-0.4, -0.2) is 44.1 Å². The average Bonchev–Trinajstić information content (AvgIpc) is 2.76. The average molecular weight is 318 g/mol. The summed E-state index contributed by atoms with van der Waals surface area (Å²) in [6, 6.07) is 3.84. The first-order valence-corrected chi connectivity index (χ1v) is 8.92. The van der Waals surface area contributed by atoms with Gasteiger partial charge in [0.25, 0.3) is 0 Å². The van der Waals surface area contributed by atoms with Gasteiger partial charge in [-0.15, -0.1) is 0 Å². The van der Waals surface area contributed by atoms with Crippen molar-refractivity contribution in [1.82, 2.24) is 19.9 Å². The minimum atomic E-state index is -0.0707. The zero-order valence-electron chi connectivity index (χ0n) is 12.9. The number of H-pyrrole nitrogens is 1. The predicted molar refractivity (Wildman–Crippen MR) is 88.9 cm³/mol. The van der Waals surface area contributed by atoms with E-state index < -0.39 is 0 Å². The van der Waals surface area contributed by atoms with Crippen LogP contribution in [0, 0.1) is 0 Å². The lowest BCUT2D eigenvalue weighted by molar-refractivity contribution is -0.130. The predicted octanol–water partition coefficient (Wildman–Crippen LogP) is 3.23. The number of aromatic amines is 1. The third-order valence-electron chi connectivity index (χ3n) is 4.05. The van der Waals surface area contributed by atoms with Gasteiger partial charge in [-0.25, -0.2) is 9.97 Å². The Labute approximate surface area is 134 Å². The number of hydrogen-bond donors (Lipinski definition) is 1. The molecular weight excluding hydrogens is 296 g/mol. The Kier molecular flexibility index (Phi) is 4.97. The number of thioether (sulfide) groups is 1. The van der Waals surface area contributed by atoms with Crippen molar-refractivity contribution < 1.29 is 4.79 Å². The van der Waals surface area contributed by atoms with Crippen LogP contribution < -0.4 is 0 Å². The number of likely N-dealkylation sites (tertiary alicyclic amines) is 1. The minimum Gasteiger partial charge on any atom is -0.342 e. The van der Waals surface area contributed by atoms with Crippen LogP contribution >= 0.6 is 11.8 Å². The molecule has 1 N–H and O–H groups in total. The summed E-state index contributed by atoms with van der Waals surface area (Å²) in [4.78, 5) is 26.7. The number of carbonyl (C=O) groups excluding carboxylic acids is 1. The smallest absolute Gasteiger partial charge is 0.236 e.